The zero-order valence-electron chi connectivity index (χ0n) is 16.5. The van der Waals surface area contributed by atoms with E-state index in [4.69, 9.17) is 0 Å². The lowest BCUT2D eigenvalue weighted by molar-refractivity contribution is 0.0589. The highest BCUT2D eigenvalue weighted by Crippen LogP contribution is 2.30. The van der Waals surface area contributed by atoms with E-state index in [1.54, 1.807) is 0 Å². The van der Waals surface area contributed by atoms with E-state index in [0.29, 0.717) is 6.04 Å². The van der Waals surface area contributed by atoms with Gasteiger partial charge in [0.25, 0.3) is 5.91 Å². The number of hydrogen-bond acceptors (Lipinski definition) is 2. The second kappa shape index (κ2) is 7.22. The van der Waals surface area contributed by atoms with Crippen molar-refractivity contribution in [3.05, 3.63) is 53.2 Å². The van der Waals surface area contributed by atoms with Gasteiger partial charge in [-0.25, -0.2) is 4.98 Å². The number of likely N-dealkylation sites (tertiary alicyclic amines) is 1. The summed E-state index contributed by atoms with van der Waals surface area (Å²) in [5.74, 6) is 0.151. The van der Waals surface area contributed by atoms with Crippen LogP contribution in [0.3, 0.4) is 0 Å². The van der Waals surface area contributed by atoms with Crippen molar-refractivity contribution in [1.29, 1.82) is 0 Å². The Balaban J connectivity index is 1.62. The quantitative estimate of drug-likeness (QED) is 0.747. The fourth-order valence-electron chi connectivity index (χ4n) is 4.44. The molecule has 1 aromatic carbocycles. The van der Waals surface area contributed by atoms with Gasteiger partial charge in [0.05, 0.1) is 6.33 Å². The molecule has 3 heterocycles. The highest BCUT2D eigenvalue weighted by Gasteiger charge is 2.29. The predicted molar refractivity (Wildman–Crippen MR) is 108 cm³/mol. The summed E-state index contributed by atoms with van der Waals surface area (Å²) >= 11 is 0. The molecule has 1 aliphatic rings. The Morgan fingerprint density at radius 3 is 2.78 bits per heavy atom. The minimum Gasteiger partial charge on any atom is -0.350 e. The summed E-state index contributed by atoms with van der Waals surface area (Å²) in [4.78, 5) is 23.1. The van der Waals surface area contributed by atoms with Crippen LogP contribution in [0.25, 0.3) is 10.9 Å². The van der Waals surface area contributed by atoms with Crippen LogP contribution in [0.15, 0.2) is 30.9 Å². The Bertz CT molecular complexity index is 955. The molecule has 142 valence electrons. The molecule has 1 amide bonds. The third-order valence-electron chi connectivity index (χ3n) is 6.00. The molecule has 0 bridgehead atoms. The van der Waals surface area contributed by atoms with Gasteiger partial charge in [0.15, 0.2) is 0 Å². The number of aromatic amines is 1. The molecule has 0 saturated carbocycles. The van der Waals surface area contributed by atoms with Crippen molar-refractivity contribution in [3.8, 4) is 0 Å². The number of aromatic nitrogens is 3. The second-order valence-corrected chi connectivity index (χ2v) is 7.81. The van der Waals surface area contributed by atoms with Gasteiger partial charge in [-0.05, 0) is 63.1 Å². The number of aryl methyl sites for hydroxylation is 4. The molecule has 1 aliphatic heterocycles. The number of amides is 1. The van der Waals surface area contributed by atoms with Crippen molar-refractivity contribution in [2.24, 2.45) is 0 Å². The van der Waals surface area contributed by atoms with Crippen LogP contribution in [-0.4, -0.2) is 37.9 Å². The molecule has 0 radical (unpaired) electrons. The molecule has 5 nitrogen and oxygen atoms in total. The van der Waals surface area contributed by atoms with Gasteiger partial charge in [-0.3, -0.25) is 4.79 Å². The SMILES string of the molecule is Cc1ccc(C)c2c(C)c(C(=O)N3CCCCC3CCn3ccnc3)[nH]c12. The fourth-order valence-corrected chi connectivity index (χ4v) is 4.44. The zero-order chi connectivity index (χ0) is 19.0. The number of benzene rings is 1. The minimum atomic E-state index is 0.151. The summed E-state index contributed by atoms with van der Waals surface area (Å²) in [5, 5.41) is 1.20. The lowest BCUT2D eigenvalue weighted by Crippen LogP contribution is -2.44. The van der Waals surface area contributed by atoms with Crippen molar-refractivity contribution >= 4 is 16.8 Å². The van der Waals surface area contributed by atoms with E-state index >= 15 is 0 Å². The van der Waals surface area contributed by atoms with Crippen LogP contribution in [-0.2, 0) is 6.54 Å². The minimum absolute atomic E-state index is 0.151. The summed E-state index contributed by atoms with van der Waals surface area (Å²) in [6.07, 6.45) is 9.98. The molecule has 1 unspecified atom stereocenters. The van der Waals surface area contributed by atoms with E-state index in [1.807, 2.05) is 18.7 Å². The van der Waals surface area contributed by atoms with Gasteiger partial charge >= 0.3 is 0 Å². The van der Waals surface area contributed by atoms with E-state index in [1.165, 1.54) is 22.9 Å². The van der Waals surface area contributed by atoms with Gasteiger partial charge in [0, 0.05) is 42.4 Å². The molecule has 27 heavy (non-hydrogen) atoms. The fraction of sp³-hybridized carbons (Fsp3) is 0.455. The maximum Gasteiger partial charge on any atom is 0.270 e. The van der Waals surface area contributed by atoms with Crippen LogP contribution in [0, 0.1) is 20.8 Å². The van der Waals surface area contributed by atoms with Crippen LogP contribution in [0.1, 0.15) is 52.9 Å². The standard InChI is InChI=1S/C22H28N4O/c1-15-7-8-16(2)20-19(15)17(3)21(24-20)22(27)26-11-5-4-6-18(26)9-12-25-13-10-23-14-25/h7-8,10,13-14,18,24H,4-6,9,11-12H2,1-3H3. The highest BCUT2D eigenvalue weighted by molar-refractivity contribution is 6.02. The normalized spacial score (nSPS) is 17.6. The summed E-state index contributed by atoms with van der Waals surface area (Å²) in [5.41, 5.74) is 5.35. The molecule has 1 atom stereocenters. The van der Waals surface area contributed by atoms with Crippen LogP contribution in [0.4, 0.5) is 0 Å². The third kappa shape index (κ3) is 3.27. The molecule has 2 aromatic heterocycles. The Kier molecular flexibility index (Phi) is 4.77. The number of carbonyl (C=O) groups is 1. The molecule has 4 rings (SSSR count). The van der Waals surface area contributed by atoms with Crippen molar-refractivity contribution in [1.82, 2.24) is 19.4 Å². The van der Waals surface area contributed by atoms with Crippen LogP contribution in [0.5, 0.6) is 0 Å². The maximum absolute atomic E-state index is 13.5. The predicted octanol–water partition coefficient (Wildman–Crippen LogP) is 4.37. The highest BCUT2D eigenvalue weighted by atomic mass is 16.2. The molecule has 3 aromatic rings. The first-order valence-electron chi connectivity index (χ1n) is 9.91. The van der Waals surface area contributed by atoms with Crippen molar-refractivity contribution in [3.63, 3.8) is 0 Å². The third-order valence-corrected chi connectivity index (χ3v) is 6.00. The van der Waals surface area contributed by atoms with Crippen molar-refractivity contribution < 1.29 is 4.79 Å². The van der Waals surface area contributed by atoms with Crippen LogP contribution in [0.2, 0.25) is 0 Å². The van der Waals surface area contributed by atoms with Gasteiger partial charge in [0.2, 0.25) is 0 Å². The Morgan fingerprint density at radius 2 is 2.04 bits per heavy atom. The molecule has 1 N–H and O–H groups in total. The van der Waals surface area contributed by atoms with Gasteiger partial charge < -0.3 is 14.5 Å². The Hall–Kier alpha value is -2.56. The summed E-state index contributed by atoms with van der Waals surface area (Å²) in [6.45, 7) is 8.04. The molecule has 1 saturated heterocycles. The number of nitrogens with one attached hydrogen (secondary N) is 1. The topological polar surface area (TPSA) is 53.9 Å². The van der Waals surface area contributed by atoms with E-state index < -0.39 is 0 Å². The number of H-pyrrole nitrogens is 1. The average Bonchev–Trinajstić information content (AvgIpc) is 3.31. The number of carbonyl (C=O) groups excluding carboxylic acids is 1. The van der Waals surface area contributed by atoms with Crippen LogP contribution >= 0.6 is 0 Å². The Morgan fingerprint density at radius 1 is 1.22 bits per heavy atom. The number of piperidine rings is 1. The number of fused-ring (bicyclic) bond motifs is 1. The van der Waals surface area contributed by atoms with E-state index in [2.05, 4.69) is 52.3 Å². The van der Waals surface area contributed by atoms with E-state index in [0.717, 1.165) is 49.1 Å². The molecule has 5 heteroatoms. The number of rotatable bonds is 4. The maximum atomic E-state index is 13.5. The summed E-state index contributed by atoms with van der Waals surface area (Å²) in [7, 11) is 0. The van der Waals surface area contributed by atoms with Gasteiger partial charge in [0.1, 0.15) is 5.69 Å². The number of hydrogen-bond donors (Lipinski definition) is 1. The molecule has 0 aliphatic carbocycles. The monoisotopic (exact) mass is 364 g/mol. The molecular formula is C22H28N4O. The number of nitrogens with zero attached hydrogens (tertiary/aromatic N) is 3. The first-order valence-corrected chi connectivity index (χ1v) is 9.91. The van der Waals surface area contributed by atoms with E-state index in [-0.39, 0.29) is 5.91 Å². The van der Waals surface area contributed by atoms with Gasteiger partial charge in [-0.15, -0.1) is 0 Å². The van der Waals surface area contributed by atoms with Crippen molar-refractivity contribution in [2.75, 3.05) is 6.54 Å². The Labute approximate surface area is 160 Å². The smallest absolute Gasteiger partial charge is 0.270 e. The van der Waals surface area contributed by atoms with Gasteiger partial charge in [-0.2, -0.15) is 0 Å². The van der Waals surface area contributed by atoms with Gasteiger partial charge in [-0.1, -0.05) is 12.1 Å². The largest absolute Gasteiger partial charge is 0.350 e. The molecule has 1 fully saturated rings. The van der Waals surface area contributed by atoms with Crippen molar-refractivity contribution in [2.45, 2.75) is 59.0 Å². The summed E-state index contributed by atoms with van der Waals surface area (Å²) in [6, 6.07) is 4.56. The first-order chi connectivity index (χ1) is 13.1. The lowest BCUT2D eigenvalue weighted by atomic mass is 9.98. The second-order valence-electron chi connectivity index (χ2n) is 7.81. The molecular weight excluding hydrogens is 336 g/mol. The first kappa shape index (κ1) is 17.8. The number of imidazole rings is 1. The lowest BCUT2D eigenvalue weighted by Gasteiger charge is -2.36. The van der Waals surface area contributed by atoms with Crippen LogP contribution < -0.4 is 0 Å². The average molecular weight is 364 g/mol. The summed E-state index contributed by atoms with van der Waals surface area (Å²) < 4.78 is 2.10. The molecule has 0 spiro atoms. The van der Waals surface area contributed by atoms with E-state index in [9.17, 15) is 4.79 Å². The zero-order valence-corrected chi connectivity index (χ0v) is 16.5.